The van der Waals surface area contributed by atoms with Crippen LogP contribution in [0.15, 0.2) is 53.4 Å². The third-order valence-electron chi connectivity index (χ3n) is 6.21. The average Bonchev–Trinajstić information content (AvgIpc) is 2.84. The Hall–Kier alpha value is -2.47. The molecule has 0 spiro atoms. The van der Waals surface area contributed by atoms with Crippen molar-refractivity contribution in [3.05, 3.63) is 59.7 Å². The summed E-state index contributed by atoms with van der Waals surface area (Å²) in [7, 11) is 1.63. The summed E-state index contributed by atoms with van der Waals surface area (Å²) >= 11 is 1.51. The number of methoxy groups -OCH3 is 1. The lowest BCUT2D eigenvalue weighted by Crippen LogP contribution is -2.52. The predicted octanol–water partition coefficient (Wildman–Crippen LogP) is 5.35. The first kappa shape index (κ1) is 25.2. The van der Waals surface area contributed by atoms with E-state index in [1.54, 1.807) is 12.0 Å². The summed E-state index contributed by atoms with van der Waals surface area (Å²) in [6, 6.07) is 15.6. The van der Waals surface area contributed by atoms with Crippen molar-refractivity contribution in [1.82, 2.24) is 10.2 Å². The van der Waals surface area contributed by atoms with Crippen LogP contribution >= 0.6 is 11.8 Å². The standard InChI is InChI=1S/C27H36N2O3S/c1-4-25(27(31)28-22-10-6-5-7-11-22)29(18-21-9-8-12-23(17-21)32-3)26(30)19-33-24-15-13-20(2)14-16-24/h8-9,12-17,22,25H,4-7,10-11,18-19H2,1-3H3,(H,28,31). The highest BCUT2D eigenvalue weighted by molar-refractivity contribution is 8.00. The lowest BCUT2D eigenvalue weighted by molar-refractivity contribution is -0.139. The minimum absolute atomic E-state index is 0.0333. The van der Waals surface area contributed by atoms with Gasteiger partial charge in [-0.2, -0.15) is 0 Å². The molecule has 0 aromatic heterocycles. The zero-order valence-electron chi connectivity index (χ0n) is 20.0. The SMILES string of the molecule is CCC(C(=O)NC1CCCCC1)N(Cc1cccc(OC)c1)C(=O)CSc1ccc(C)cc1. The van der Waals surface area contributed by atoms with E-state index in [-0.39, 0.29) is 17.9 Å². The second-order valence-electron chi connectivity index (χ2n) is 8.74. The molecule has 3 rings (SSSR count). The molecule has 0 saturated heterocycles. The summed E-state index contributed by atoms with van der Waals surface area (Å²) in [5.74, 6) is 0.962. The maximum absolute atomic E-state index is 13.4. The third kappa shape index (κ3) is 7.53. The van der Waals surface area contributed by atoms with Crippen LogP contribution in [0.1, 0.15) is 56.6 Å². The predicted molar refractivity (Wildman–Crippen MR) is 135 cm³/mol. The first-order valence-corrected chi connectivity index (χ1v) is 12.9. The number of hydrogen-bond acceptors (Lipinski definition) is 4. The summed E-state index contributed by atoms with van der Waals surface area (Å²) in [6.07, 6.45) is 6.16. The van der Waals surface area contributed by atoms with E-state index in [1.165, 1.54) is 23.7 Å². The summed E-state index contributed by atoms with van der Waals surface area (Å²) in [5, 5.41) is 3.23. The molecule has 0 radical (unpaired) electrons. The van der Waals surface area contributed by atoms with Crippen molar-refractivity contribution in [2.75, 3.05) is 12.9 Å². The van der Waals surface area contributed by atoms with E-state index < -0.39 is 6.04 Å². The van der Waals surface area contributed by atoms with E-state index >= 15 is 0 Å². The van der Waals surface area contributed by atoms with E-state index in [2.05, 4.69) is 5.32 Å². The number of carbonyl (C=O) groups is 2. The number of nitrogens with zero attached hydrogens (tertiary/aromatic N) is 1. The molecule has 1 unspecified atom stereocenters. The molecule has 2 aromatic carbocycles. The average molecular weight is 469 g/mol. The Morgan fingerprint density at radius 1 is 1.12 bits per heavy atom. The number of thioether (sulfide) groups is 1. The van der Waals surface area contributed by atoms with Gasteiger partial charge in [-0.3, -0.25) is 9.59 Å². The molecule has 0 bridgehead atoms. The minimum Gasteiger partial charge on any atom is -0.497 e. The highest BCUT2D eigenvalue weighted by Crippen LogP contribution is 2.23. The van der Waals surface area contributed by atoms with E-state index in [9.17, 15) is 9.59 Å². The molecule has 2 aromatic rings. The fourth-order valence-electron chi connectivity index (χ4n) is 4.29. The Bertz CT molecular complexity index is 910. The van der Waals surface area contributed by atoms with Gasteiger partial charge < -0.3 is 15.0 Å². The monoisotopic (exact) mass is 468 g/mol. The zero-order chi connectivity index (χ0) is 23.6. The molecular formula is C27H36N2O3S. The summed E-state index contributed by atoms with van der Waals surface area (Å²) in [4.78, 5) is 29.5. The molecule has 1 fully saturated rings. The Morgan fingerprint density at radius 3 is 2.52 bits per heavy atom. The van der Waals surface area contributed by atoms with Crippen LogP contribution in [0.3, 0.4) is 0 Å². The van der Waals surface area contributed by atoms with E-state index in [4.69, 9.17) is 4.74 Å². The van der Waals surface area contributed by atoms with Crippen LogP contribution in [-0.4, -0.2) is 41.7 Å². The van der Waals surface area contributed by atoms with Gasteiger partial charge in [0.25, 0.3) is 0 Å². The third-order valence-corrected chi connectivity index (χ3v) is 7.20. The second-order valence-corrected chi connectivity index (χ2v) is 9.79. The van der Waals surface area contributed by atoms with Gasteiger partial charge in [0.05, 0.1) is 12.9 Å². The number of carbonyl (C=O) groups excluding carboxylic acids is 2. The molecule has 0 aliphatic heterocycles. The van der Waals surface area contributed by atoms with Crippen molar-refractivity contribution in [2.24, 2.45) is 0 Å². The Kier molecular flexibility index (Phi) is 9.67. The zero-order valence-corrected chi connectivity index (χ0v) is 20.8. The van der Waals surface area contributed by atoms with Gasteiger partial charge in [0.15, 0.2) is 0 Å². The van der Waals surface area contributed by atoms with Crippen molar-refractivity contribution in [3.8, 4) is 5.75 Å². The van der Waals surface area contributed by atoms with Crippen LogP contribution < -0.4 is 10.1 Å². The lowest BCUT2D eigenvalue weighted by atomic mass is 9.95. The van der Waals surface area contributed by atoms with Crippen molar-refractivity contribution < 1.29 is 14.3 Å². The Morgan fingerprint density at radius 2 is 1.85 bits per heavy atom. The number of amides is 2. The number of rotatable bonds is 10. The van der Waals surface area contributed by atoms with Gasteiger partial charge in [0.2, 0.25) is 11.8 Å². The minimum atomic E-state index is -0.496. The molecule has 1 aliphatic carbocycles. The summed E-state index contributed by atoms with van der Waals surface area (Å²) in [5.41, 5.74) is 2.14. The molecule has 33 heavy (non-hydrogen) atoms. The number of ether oxygens (including phenoxy) is 1. The quantitative estimate of drug-likeness (QED) is 0.478. The molecule has 5 nitrogen and oxygen atoms in total. The van der Waals surface area contributed by atoms with E-state index in [0.29, 0.717) is 18.7 Å². The van der Waals surface area contributed by atoms with Crippen molar-refractivity contribution in [3.63, 3.8) is 0 Å². The van der Waals surface area contributed by atoms with Crippen LogP contribution in [0.2, 0.25) is 0 Å². The van der Waals surface area contributed by atoms with E-state index in [0.717, 1.165) is 41.9 Å². The number of nitrogens with one attached hydrogen (secondary N) is 1. The highest BCUT2D eigenvalue weighted by atomic mass is 32.2. The fourth-order valence-corrected chi connectivity index (χ4v) is 5.08. The normalized spacial score (nSPS) is 15.0. The molecule has 1 atom stereocenters. The Labute approximate surface area is 202 Å². The molecule has 1 saturated carbocycles. The lowest BCUT2D eigenvalue weighted by Gasteiger charge is -2.32. The van der Waals surface area contributed by atoms with Gasteiger partial charge in [0.1, 0.15) is 11.8 Å². The van der Waals surface area contributed by atoms with Gasteiger partial charge in [-0.25, -0.2) is 0 Å². The topological polar surface area (TPSA) is 58.6 Å². The maximum Gasteiger partial charge on any atom is 0.243 e. The molecular weight excluding hydrogens is 432 g/mol. The Balaban J connectivity index is 1.76. The van der Waals surface area contributed by atoms with Crippen LogP contribution in [0.25, 0.3) is 0 Å². The fraction of sp³-hybridized carbons (Fsp3) is 0.481. The van der Waals surface area contributed by atoms with Crippen molar-refractivity contribution in [1.29, 1.82) is 0 Å². The molecule has 1 N–H and O–H groups in total. The molecule has 6 heteroatoms. The largest absolute Gasteiger partial charge is 0.497 e. The first-order valence-electron chi connectivity index (χ1n) is 11.9. The summed E-state index contributed by atoms with van der Waals surface area (Å²) < 4.78 is 5.36. The second kappa shape index (κ2) is 12.7. The van der Waals surface area contributed by atoms with Gasteiger partial charge in [-0.1, -0.05) is 56.0 Å². The van der Waals surface area contributed by atoms with Crippen LogP contribution in [-0.2, 0) is 16.1 Å². The van der Waals surface area contributed by atoms with Gasteiger partial charge in [-0.15, -0.1) is 11.8 Å². The highest BCUT2D eigenvalue weighted by Gasteiger charge is 2.30. The van der Waals surface area contributed by atoms with Crippen LogP contribution in [0, 0.1) is 6.92 Å². The van der Waals surface area contributed by atoms with Gasteiger partial charge in [0, 0.05) is 17.5 Å². The summed E-state index contributed by atoms with van der Waals surface area (Å²) in [6.45, 7) is 4.40. The smallest absolute Gasteiger partial charge is 0.243 e. The number of aryl methyl sites for hydroxylation is 1. The molecule has 2 amide bonds. The van der Waals surface area contributed by atoms with Crippen LogP contribution in [0.4, 0.5) is 0 Å². The van der Waals surface area contributed by atoms with Gasteiger partial charge >= 0.3 is 0 Å². The number of benzene rings is 2. The molecule has 1 aliphatic rings. The van der Waals surface area contributed by atoms with Gasteiger partial charge in [-0.05, 0) is 56.0 Å². The van der Waals surface area contributed by atoms with Crippen LogP contribution in [0.5, 0.6) is 5.75 Å². The van der Waals surface area contributed by atoms with E-state index in [1.807, 2.05) is 62.4 Å². The maximum atomic E-state index is 13.4. The number of hydrogen-bond donors (Lipinski definition) is 1. The van der Waals surface area contributed by atoms with Crippen molar-refractivity contribution in [2.45, 2.75) is 75.9 Å². The first-order chi connectivity index (χ1) is 16.0. The van der Waals surface area contributed by atoms with Crippen molar-refractivity contribution >= 4 is 23.6 Å². The molecule has 0 heterocycles. The molecule has 178 valence electrons.